The van der Waals surface area contributed by atoms with Crippen LogP contribution in [0.4, 0.5) is 0 Å². The van der Waals surface area contributed by atoms with Gasteiger partial charge in [-0.05, 0) is 18.2 Å². The van der Waals surface area contributed by atoms with Gasteiger partial charge in [0.2, 0.25) is 0 Å². The summed E-state index contributed by atoms with van der Waals surface area (Å²) >= 11 is 0. The first-order valence-corrected chi connectivity index (χ1v) is 7.32. The lowest BCUT2D eigenvalue weighted by Crippen LogP contribution is -2.21. The standard InChI is InChI=1S/C18H14O7/c1-23-17(21)10-7-12-14(8-11(10)18(22)24-2)25-13-6-4-3-5-9(13)15(12)16(19)20/h3-8,15H,1-2H3,(H,19,20). The second kappa shape index (κ2) is 6.27. The molecule has 1 aliphatic rings. The van der Waals surface area contributed by atoms with Gasteiger partial charge >= 0.3 is 17.9 Å². The van der Waals surface area contributed by atoms with Gasteiger partial charge in [0.25, 0.3) is 0 Å². The number of carbonyl (C=O) groups excluding carboxylic acids is 2. The quantitative estimate of drug-likeness (QED) is 0.856. The molecule has 0 aromatic heterocycles. The largest absolute Gasteiger partial charge is 0.481 e. The third kappa shape index (κ3) is 2.69. The zero-order valence-corrected chi connectivity index (χ0v) is 13.4. The second-order valence-corrected chi connectivity index (χ2v) is 5.33. The van der Waals surface area contributed by atoms with Gasteiger partial charge < -0.3 is 19.3 Å². The molecule has 0 aliphatic carbocycles. The Morgan fingerprint density at radius 1 is 0.920 bits per heavy atom. The Morgan fingerprint density at radius 2 is 1.52 bits per heavy atom. The molecule has 7 heteroatoms. The summed E-state index contributed by atoms with van der Waals surface area (Å²) in [6.45, 7) is 0. The van der Waals surface area contributed by atoms with Gasteiger partial charge in [0, 0.05) is 11.1 Å². The van der Waals surface area contributed by atoms with Crippen LogP contribution in [0, 0.1) is 0 Å². The number of fused-ring (bicyclic) bond motifs is 2. The van der Waals surface area contributed by atoms with Crippen molar-refractivity contribution >= 4 is 17.9 Å². The number of methoxy groups -OCH3 is 2. The van der Waals surface area contributed by atoms with E-state index in [0.29, 0.717) is 11.3 Å². The summed E-state index contributed by atoms with van der Waals surface area (Å²) in [6, 6.07) is 9.31. The minimum absolute atomic E-state index is 0.0587. The van der Waals surface area contributed by atoms with Gasteiger partial charge in [-0.2, -0.15) is 0 Å². The number of aliphatic carboxylic acids is 1. The van der Waals surface area contributed by atoms with Crippen LogP contribution >= 0.6 is 0 Å². The van der Waals surface area contributed by atoms with E-state index in [-0.39, 0.29) is 22.4 Å². The third-order valence-electron chi connectivity index (χ3n) is 3.97. The SMILES string of the molecule is COC(=O)c1cc2c(cc1C(=O)OC)C(C(=O)O)c1ccccc1O2. The molecule has 3 rings (SSSR count). The van der Waals surface area contributed by atoms with Gasteiger partial charge in [0.1, 0.15) is 17.4 Å². The lowest BCUT2D eigenvalue weighted by atomic mass is 9.86. The normalized spacial score (nSPS) is 14.6. The molecule has 1 aliphatic heterocycles. The zero-order chi connectivity index (χ0) is 18.1. The average molecular weight is 342 g/mol. The summed E-state index contributed by atoms with van der Waals surface area (Å²) in [5.41, 5.74) is 0.585. The molecule has 1 heterocycles. The molecule has 0 amide bonds. The van der Waals surface area contributed by atoms with Crippen molar-refractivity contribution in [1.29, 1.82) is 0 Å². The van der Waals surface area contributed by atoms with Crippen LogP contribution in [0.2, 0.25) is 0 Å². The Kier molecular flexibility index (Phi) is 4.14. The van der Waals surface area contributed by atoms with E-state index in [1.54, 1.807) is 24.3 Å². The Bertz CT molecular complexity index is 885. The molecular formula is C18H14O7. The fourth-order valence-electron chi connectivity index (χ4n) is 2.83. The first-order chi connectivity index (χ1) is 12.0. The number of rotatable bonds is 3. The number of ether oxygens (including phenoxy) is 3. The highest BCUT2D eigenvalue weighted by molar-refractivity contribution is 6.04. The molecule has 128 valence electrons. The first kappa shape index (κ1) is 16.5. The van der Waals surface area contributed by atoms with Crippen LogP contribution in [0.15, 0.2) is 36.4 Å². The van der Waals surface area contributed by atoms with Gasteiger partial charge in [-0.25, -0.2) is 9.59 Å². The summed E-state index contributed by atoms with van der Waals surface area (Å²) in [6.07, 6.45) is 0. The van der Waals surface area contributed by atoms with Crippen molar-refractivity contribution < 1.29 is 33.7 Å². The monoisotopic (exact) mass is 342 g/mol. The van der Waals surface area contributed by atoms with E-state index < -0.39 is 23.8 Å². The van der Waals surface area contributed by atoms with Crippen LogP contribution in [0.1, 0.15) is 37.8 Å². The van der Waals surface area contributed by atoms with Gasteiger partial charge in [0.05, 0.1) is 25.3 Å². The van der Waals surface area contributed by atoms with Crippen molar-refractivity contribution in [3.8, 4) is 11.5 Å². The van der Waals surface area contributed by atoms with Crippen molar-refractivity contribution in [2.75, 3.05) is 14.2 Å². The Morgan fingerprint density at radius 3 is 2.12 bits per heavy atom. The maximum absolute atomic E-state index is 12.0. The lowest BCUT2D eigenvalue weighted by Gasteiger charge is -2.26. The number of carbonyl (C=O) groups is 3. The highest BCUT2D eigenvalue weighted by atomic mass is 16.5. The molecule has 0 radical (unpaired) electrons. The van der Waals surface area contributed by atoms with Crippen molar-refractivity contribution in [2.24, 2.45) is 0 Å². The molecule has 2 aromatic rings. The van der Waals surface area contributed by atoms with Gasteiger partial charge in [-0.3, -0.25) is 4.79 Å². The van der Waals surface area contributed by atoms with E-state index >= 15 is 0 Å². The number of para-hydroxylation sites is 1. The molecule has 25 heavy (non-hydrogen) atoms. The van der Waals surface area contributed by atoms with E-state index in [0.717, 1.165) is 0 Å². The summed E-state index contributed by atoms with van der Waals surface area (Å²) in [5.74, 6) is -3.10. The number of carboxylic acid groups (broad SMARTS) is 1. The summed E-state index contributed by atoms with van der Waals surface area (Å²) < 4.78 is 15.1. The molecule has 7 nitrogen and oxygen atoms in total. The minimum atomic E-state index is -1.10. The molecule has 1 atom stereocenters. The summed E-state index contributed by atoms with van der Waals surface area (Å²) in [7, 11) is 2.35. The third-order valence-corrected chi connectivity index (χ3v) is 3.97. The van der Waals surface area contributed by atoms with E-state index in [2.05, 4.69) is 4.74 Å². The highest BCUT2D eigenvalue weighted by Crippen LogP contribution is 2.45. The van der Waals surface area contributed by atoms with Gasteiger partial charge in [-0.15, -0.1) is 0 Å². The molecule has 0 saturated carbocycles. The zero-order valence-electron chi connectivity index (χ0n) is 13.4. The molecule has 1 N–H and O–H groups in total. The Hall–Kier alpha value is -3.35. The van der Waals surface area contributed by atoms with E-state index in [1.807, 2.05) is 0 Å². The maximum Gasteiger partial charge on any atom is 0.338 e. The molecule has 0 fully saturated rings. The average Bonchev–Trinajstić information content (AvgIpc) is 2.63. The van der Waals surface area contributed by atoms with Crippen molar-refractivity contribution in [2.45, 2.75) is 5.92 Å². The minimum Gasteiger partial charge on any atom is -0.481 e. The summed E-state index contributed by atoms with van der Waals surface area (Å²) in [4.78, 5) is 35.9. The van der Waals surface area contributed by atoms with Crippen LogP contribution in [0.5, 0.6) is 11.5 Å². The van der Waals surface area contributed by atoms with Crippen molar-refractivity contribution in [3.05, 3.63) is 58.7 Å². The fourth-order valence-corrected chi connectivity index (χ4v) is 2.83. The second-order valence-electron chi connectivity index (χ2n) is 5.33. The predicted molar refractivity (Wildman–Crippen MR) is 85.1 cm³/mol. The molecular weight excluding hydrogens is 328 g/mol. The Balaban J connectivity index is 2.26. The summed E-state index contributed by atoms with van der Waals surface area (Å²) in [5, 5.41) is 9.68. The molecule has 0 bridgehead atoms. The van der Waals surface area contributed by atoms with Crippen molar-refractivity contribution in [3.63, 3.8) is 0 Å². The smallest absolute Gasteiger partial charge is 0.338 e. The molecule has 2 aromatic carbocycles. The van der Waals surface area contributed by atoms with Crippen LogP contribution in [0.3, 0.4) is 0 Å². The lowest BCUT2D eigenvalue weighted by molar-refractivity contribution is -0.137. The molecule has 1 unspecified atom stereocenters. The molecule has 0 saturated heterocycles. The van der Waals surface area contributed by atoms with E-state index in [1.165, 1.54) is 26.4 Å². The van der Waals surface area contributed by atoms with Crippen LogP contribution < -0.4 is 4.74 Å². The van der Waals surface area contributed by atoms with E-state index in [9.17, 15) is 19.5 Å². The van der Waals surface area contributed by atoms with Gasteiger partial charge in [-0.1, -0.05) is 18.2 Å². The highest BCUT2D eigenvalue weighted by Gasteiger charge is 2.35. The van der Waals surface area contributed by atoms with Crippen molar-refractivity contribution in [1.82, 2.24) is 0 Å². The number of hydrogen-bond acceptors (Lipinski definition) is 6. The number of hydrogen-bond donors (Lipinski definition) is 1. The Labute approximate surface area is 142 Å². The van der Waals surface area contributed by atoms with E-state index in [4.69, 9.17) is 9.47 Å². The van der Waals surface area contributed by atoms with Crippen LogP contribution in [0.25, 0.3) is 0 Å². The topological polar surface area (TPSA) is 99.1 Å². The number of esters is 2. The number of benzene rings is 2. The van der Waals surface area contributed by atoms with Crippen LogP contribution in [-0.2, 0) is 14.3 Å². The molecule has 0 spiro atoms. The predicted octanol–water partition coefficient (Wildman–Crippen LogP) is 2.58. The van der Waals surface area contributed by atoms with Gasteiger partial charge in [0.15, 0.2) is 0 Å². The fraction of sp³-hybridized carbons (Fsp3) is 0.167. The maximum atomic E-state index is 12.0. The number of carboxylic acids is 1. The first-order valence-electron chi connectivity index (χ1n) is 7.32. The van der Waals surface area contributed by atoms with Crippen LogP contribution in [-0.4, -0.2) is 37.2 Å².